The zero-order valence-corrected chi connectivity index (χ0v) is 27.5. The van der Waals surface area contributed by atoms with Gasteiger partial charge in [-0.3, -0.25) is 14.8 Å². The molecule has 260 valence electrons. The molecule has 5 rings (SSSR count). The van der Waals surface area contributed by atoms with E-state index in [9.17, 15) is 34.8 Å². The third-order valence-electron chi connectivity index (χ3n) is 7.05. The summed E-state index contributed by atoms with van der Waals surface area (Å²) in [6, 6.07) is 2.00. The average Bonchev–Trinajstić information content (AvgIpc) is 3.38. The Balaban J connectivity index is 0.000000930. The van der Waals surface area contributed by atoms with Crippen molar-refractivity contribution in [3.63, 3.8) is 0 Å². The smallest absolute Gasteiger partial charge is 0.378 e. The van der Waals surface area contributed by atoms with Gasteiger partial charge in [0.15, 0.2) is 11.6 Å². The zero-order chi connectivity index (χ0) is 34.6. The predicted molar refractivity (Wildman–Crippen MR) is 166 cm³/mol. The number of fused-ring (bicyclic) bond motifs is 1. The summed E-state index contributed by atoms with van der Waals surface area (Å²) in [5.41, 5.74) is 0.126. The van der Waals surface area contributed by atoms with Crippen molar-refractivity contribution in [2.24, 2.45) is 0 Å². The van der Waals surface area contributed by atoms with Gasteiger partial charge in [-0.25, -0.2) is 27.7 Å². The fourth-order valence-electron chi connectivity index (χ4n) is 4.98. The van der Waals surface area contributed by atoms with Gasteiger partial charge in [0.05, 0.1) is 36.9 Å². The first-order valence-electron chi connectivity index (χ1n) is 14.4. The molecule has 3 aromatic rings. The van der Waals surface area contributed by atoms with Crippen molar-refractivity contribution in [3.8, 4) is 11.4 Å². The average molecular weight is 708 g/mol. The molecule has 2 aliphatic heterocycles. The molecular weight excluding hydrogens is 671 g/mol. The van der Waals surface area contributed by atoms with Gasteiger partial charge < -0.3 is 15.0 Å². The topological polar surface area (TPSA) is 192 Å². The molecule has 3 aromatic heterocycles. The van der Waals surface area contributed by atoms with E-state index in [4.69, 9.17) is 9.29 Å². The molecule has 0 atom stereocenters. The molecule has 16 nitrogen and oxygen atoms in total. The number of nitrogens with zero attached hydrogens (tertiary/aromatic N) is 7. The summed E-state index contributed by atoms with van der Waals surface area (Å²) in [5, 5.41) is 9.22. The molecule has 2 fully saturated rings. The van der Waals surface area contributed by atoms with Crippen LogP contribution in [0.4, 0.5) is 29.6 Å². The van der Waals surface area contributed by atoms with Crippen molar-refractivity contribution in [2.75, 3.05) is 81.8 Å². The van der Waals surface area contributed by atoms with Crippen molar-refractivity contribution in [1.29, 1.82) is 0 Å². The van der Waals surface area contributed by atoms with Crippen LogP contribution in [0.2, 0.25) is 0 Å². The highest BCUT2D eigenvalue weighted by molar-refractivity contribution is 7.88. The van der Waals surface area contributed by atoms with E-state index in [0.717, 1.165) is 17.8 Å². The van der Waals surface area contributed by atoms with Crippen LogP contribution in [0.5, 0.6) is 0 Å². The standard InChI is InChI=1S/C25H32F3N9O4S.CH4O3S/c1-3-29-24(38)31-21-13-19(25(26,27)28)18(14-30-21)22-32-23(35-8-10-41-11-9-35)20-12-17(16-37(20)33-22)15-34-4-6-36(7-5-34)42(2,39)40;1-5(2,3)4/h12-14,16H,3-11,15H2,1-2H3,(H2,29,30,31,38);1H3,(H,2,3,4). The first-order chi connectivity index (χ1) is 21.9. The number of urea groups is 1. The van der Waals surface area contributed by atoms with E-state index in [1.165, 1.54) is 15.1 Å². The van der Waals surface area contributed by atoms with Crippen LogP contribution in [-0.2, 0) is 37.6 Å². The van der Waals surface area contributed by atoms with Crippen LogP contribution in [0.25, 0.3) is 16.9 Å². The number of anilines is 2. The largest absolute Gasteiger partial charge is 0.417 e. The van der Waals surface area contributed by atoms with Gasteiger partial charge in [0.25, 0.3) is 10.1 Å². The van der Waals surface area contributed by atoms with Crippen molar-refractivity contribution >= 4 is 43.3 Å². The SMILES string of the molecule is CCNC(=O)Nc1cc(C(F)(F)F)c(-c2nc(N3CCOCC3)c3cc(CN4CCN(S(C)(=O)=O)CC4)cn3n2)cn1.CS(=O)(=O)O. The minimum absolute atomic E-state index is 0.169. The van der Waals surface area contributed by atoms with Gasteiger partial charge in [0, 0.05) is 64.8 Å². The fraction of sp³-hybridized carbons (Fsp3) is 0.538. The number of rotatable bonds is 7. The number of hydrogen-bond acceptors (Lipinski definition) is 11. The van der Waals surface area contributed by atoms with Crippen LogP contribution in [0.15, 0.2) is 24.5 Å². The second kappa shape index (κ2) is 14.6. The molecule has 0 unspecified atom stereocenters. The van der Waals surface area contributed by atoms with Crippen LogP contribution < -0.4 is 15.5 Å². The number of ether oxygens (including phenoxy) is 1. The Morgan fingerprint density at radius 3 is 2.26 bits per heavy atom. The number of pyridine rings is 1. The Morgan fingerprint density at radius 1 is 1.04 bits per heavy atom. The number of alkyl halides is 3. The lowest BCUT2D eigenvalue weighted by Gasteiger charge is -2.32. The van der Waals surface area contributed by atoms with Crippen molar-refractivity contribution in [1.82, 2.24) is 34.1 Å². The predicted octanol–water partition coefficient (Wildman–Crippen LogP) is 1.37. The molecule has 2 aliphatic rings. The number of nitrogens with one attached hydrogen (secondary N) is 2. The highest BCUT2D eigenvalue weighted by Gasteiger charge is 2.36. The lowest BCUT2D eigenvalue weighted by atomic mass is 10.1. The molecular formula is C26H36F3N9O7S2. The van der Waals surface area contributed by atoms with Crippen LogP contribution >= 0.6 is 0 Å². The Kier molecular flexibility index (Phi) is 11.3. The van der Waals surface area contributed by atoms with Crippen LogP contribution in [0.1, 0.15) is 18.1 Å². The number of carbonyl (C=O) groups is 1. The molecule has 47 heavy (non-hydrogen) atoms. The lowest BCUT2D eigenvalue weighted by molar-refractivity contribution is -0.137. The van der Waals surface area contributed by atoms with Crippen LogP contribution in [-0.4, -0.2) is 128 Å². The second-order valence-corrected chi connectivity index (χ2v) is 14.3. The maximum absolute atomic E-state index is 14.2. The molecule has 0 saturated carbocycles. The van der Waals surface area contributed by atoms with Gasteiger partial charge in [-0.2, -0.15) is 25.9 Å². The first kappa shape index (κ1) is 36.2. The Morgan fingerprint density at radius 2 is 1.68 bits per heavy atom. The highest BCUT2D eigenvalue weighted by atomic mass is 32.2. The number of hydrogen-bond donors (Lipinski definition) is 3. The van der Waals surface area contributed by atoms with Crippen molar-refractivity contribution < 1.29 is 44.1 Å². The van der Waals surface area contributed by atoms with E-state index < -0.39 is 37.9 Å². The molecule has 21 heteroatoms. The first-order valence-corrected chi connectivity index (χ1v) is 18.1. The third kappa shape index (κ3) is 10.2. The number of morpholine rings is 1. The zero-order valence-electron chi connectivity index (χ0n) is 25.9. The molecule has 0 spiro atoms. The maximum atomic E-state index is 14.2. The van der Waals surface area contributed by atoms with Gasteiger partial charge in [0.2, 0.25) is 10.0 Å². The van der Waals surface area contributed by atoms with Crippen LogP contribution in [0.3, 0.4) is 0 Å². The Bertz CT molecular complexity index is 1780. The summed E-state index contributed by atoms with van der Waals surface area (Å²) < 4.78 is 101. The summed E-state index contributed by atoms with van der Waals surface area (Å²) in [4.78, 5) is 24.6. The van der Waals surface area contributed by atoms with E-state index >= 15 is 0 Å². The molecule has 0 bridgehead atoms. The lowest BCUT2D eigenvalue weighted by Crippen LogP contribution is -2.47. The normalized spacial score (nSPS) is 16.9. The molecule has 0 aromatic carbocycles. The molecule has 2 saturated heterocycles. The molecule has 0 radical (unpaired) electrons. The summed E-state index contributed by atoms with van der Waals surface area (Å²) in [5.74, 6) is 0.0390. The van der Waals surface area contributed by atoms with Crippen molar-refractivity contribution in [2.45, 2.75) is 19.6 Å². The summed E-state index contributed by atoms with van der Waals surface area (Å²) in [6.07, 6.45) is -0.102. The van der Waals surface area contributed by atoms with E-state index in [1.54, 1.807) is 13.1 Å². The second-order valence-electron chi connectivity index (χ2n) is 10.8. The minimum Gasteiger partial charge on any atom is -0.378 e. The number of amides is 2. The summed E-state index contributed by atoms with van der Waals surface area (Å²) in [6.45, 7) is 6.23. The fourth-order valence-corrected chi connectivity index (χ4v) is 5.81. The van der Waals surface area contributed by atoms with E-state index in [1.807, 2.05) is 11.0 Å². The Hall–Kier alpha value is -3.63. The van der Waals surface area contributed by atoms with Gasteiger partial charge in [-0.1, -0.05) is 0 Å². The monoisotopic (exact) mass is 707 g/mol. The molecule has 0 aliphatic carbocycles. The summed E-state index contributed by atoms with van der Waals surface area (Å²) >= 11 is 0. The van der Waals surface area contributed by atoms with E-state index in [-0.39, 0.29) is 17.2 Å². The Labute approximate surface area is 269 Å². The number of sulfonamides is 1. The van der Waals surface area contributed by atoms with Crippen molar-refractivity contribution in [3.05, 3.63) is 35.7 Å². The maximum Gasteiger partial charge on any atom is 0.417 e. The molecule has 5 heterocycles. The number of halogens is 3. The number of piperazine rings is 1. The van der Waals surface area contributed by atoms with Gasteiger partial charge in [-0.15, -0.1) is 5.10 Å². The number of carbonyl (C=O) groups excluding carboxylic acids is 1. The van der Waals surface area contributed by atoms with Crippen LogP contribution in [0, 0.1) is 0 Å². The molecule has 3 N–H and O–H groups in total. The molecule has 2 amide bonds. The number of aromatic nitrogens is 4. The van der Waals surface area contributed by atoms with Gasteiger partial charge in [-0.05, 0) is 24.6 Å². The van der Waals surface area contributed by atoms with Gasteiger partial charge in [0.1, 0.15) is 11.3 Å². The summed E-state index contributed by atoms with van der Waals surface area (Å²) in [7, 11) is -6.92. The third-order valence-corrected chi connectivity index (χ3v) is 8.35. The van der Waals surface area contributed by atoms with E-state index in [2.05, 4.69) is 30.6 Å². The van der Waals surface area contributed by atoms with Gasteiger partial charge >= 0.3 is 12.2 Å². The van der Waals surface area contributed by atoms with E-state index in [0.29, 0.717) is 83.2 Å². The minimum atomic E-state index is -4.77. The highest BCUT2D eigenvalue weighted by Crippen LogP contribution is 2.38. The quantitative estimate of drug-likeness (QED) is 0.300.